The van der Waals surface area contributed by atoms with E-state index >= 15 is 0 Å². The predicted octanol–water partition coefficient (Wildman–Crippen LogP) is 1.02. The Morgan fingerprint density at radius 3 is 2.65 bits per heavy atom. The van der Waals surface area contributed by atoms with Crippen LogP contribution < -0.4 is 5.73 Å². The molecule has 0 radical (unpaired) electrons. The minimum absolute atomic E-state index is 0.0624. The molecule has 1 aliphatic rings. The van der Waals surface area contributed by atoms with Crippen LogP contribution in [0.15, 0.2) is 16.8 Å². The van der Waals surface area contributed by atoms with Gasteiger partial charge in [0.1, 0.15) is 0 Å². The largest absolute Gasteiger partial charge is 0.341 e. The van der Waals surface area contributed by atoms with Crippen LogP contribution in [-0.4, -0.2) is 54.3 Å². The highest BCUT2D eigenvalue weighted by atomic mass is 32.1. The summed E-state index contributed by atoms with van der Waals surface area (Å²) in [7, 11) is 0. The summed E-state index contributed by atoms with van der Waals surface area (Å²) in [6, 6.07) is 1.84. The quantitative estimate of drug-likeness (QED) is 0.905. The summed E-state index contributed by atoms with van der Waals surface area (Å²) in [5.74, 6) is 0.0129. The molecule has 2 N–H and O–H groups in total. The zero-order valence-corrected chi connectivity index (χ0v) is 12.6. The zero-order chi connectivity index (χ0) is 14.5. The summed E-state index contributed by atoms with van der Waals surface area (Å²) in [5.41, 5.74) is 6.29. The van der Waals surface area contributed by atoms with E-state index in [1.54, 1.807) is 0 Å². The van der Waals surface area contributed by atoms with Gasteiger partial charge in [-0.15, -0.1) is 0 Å². The molecule has 1 saturated heterocycles. The number of amides is 2. The first-order chi connectivity index (χ1) is 9.63. The van der Waals surface area contributed by atoms with Crippen LogP contribution in [0.25, 0.3) is 0 Å². The van der Waals surface area contributed by atoms with Crippen molar-refractivity contribution in [1.82, 2.24) is 9.80 Å². The molecule has 2 rings (SSSR count). The molecule has 20 heavy (non-hydrogen) atoms. The van der Waals surface area contributed by atoms with Crippen molar-refractivity contribution >= 4 is 23.2 Å². The maximum Gasteiger partial charge on any atom is 0.254 e. The molecule has 0 bridgehead atoms. The number of rotatable bonds is 3. The van der Waals surface area contributed by atoms with E-state index in [-0.39, 0.29) is 17.7 Å². The molecule has 0 aromatic carbocycles. The Morgan fingerprint density at radius 2 is 2.00 bits per heavy atom. The van der Waals surface area contributed by atoms with Crippen molar-refractivity contribution in [2.24, 2.45) is 11.7 Å². The van der Waals surface area contributed by atoms with Crippen molar-refractivity contribution in [3.05, 3.63) is 22.4 Å². The molecular weight excluding hydrogens is 274 g/mol. The van der Waals surface area contributed by atoms with Crippen molar-refractivity contribution in [1.29, 1.82) is 0 Å². The van der Waals surface area contributed by atoms with E-state index in [0.717, 1.165) is 12.0 Å². The van der Waals surface area contributed by atoms with E-state index in [9.17, 15) is 9.59 Å². The first kappa shape index (κ1) is 15.0. The molecule has 1 aliphatic heterocycles. The van der Waals surface area contributed by atoms with E-state index in [1.807, 2.05) is 33.6 Å². The number of carbonyl (C=O) groups is 2. The Bertz CT molecular complexity index is 461. The molecule has 1 aromatic rings. The third-order valence-corrected chi connectivity index (χ3v) is 4.32. The zero-order valence-electron chi connectivity index (χ0n) is 11.7. The third-order valence-electron chi connectivity index (χ3n) is 3.64. The van der Waals surface area contributed by atoms with Crippen LogP contribution in [0.2, 0.25) is 0 Å². The smallest absolute Gasteiger partial charge is 0.254 e. The van der Waals surface area contributed by atoms with Crippen LogP contribution in [-0.2, 0) is 4.79 Å². The van der Waals surface area contributed by atoms with Gasteiger partial charge in [0.2, 0.25) is 5.91 Å². The first-order valence-corrected chi connectivity index (χ1v) is 7.88. The molecule has 6 heteroatoms. The summed E-state index contributed by atoms with van der Waals surface area (Å²) >= 11 is 1.52. The summed E-state index contributed by atoms with van der Waals surface area (Å²) in [6.45, 7) is 4.82. The third kappa shape index (κ3) is 3.37. The lowest BCUT2D eigenvalue weighted by Crippen LogP contribution is -2.41. The van der Waals surface area contributed by atoms with Crippen molar-refractivity contribution < 1.29 is 9.59 Å². The van der Waals surface area contributed by atoms with Crippen molar-refractivity contribution in [3.8, 4) is 0 Å². The second kappa shape index (κ2) is 6.85. The lowest BCUT2D eigenvalue weighted by Gasteiger charge is -2.24. The molecule has 0 aliphatic carbocycles. The minimum Gasteiger partial charge on any atom is -0.341 e. The molecule has 1 atom stereocenters. The Hall–Kier alpha value is -1.40. The van der Waals surface area contributed by atoms with Gasteiger partial charge in [-0.1, -0.05) is 6.92 Å². The maximum atomic E-state index is 12.3. The van der Waals surface area contributed by atoms with E-state index in [2.05, 4.69) is 0 Å². The highest BCUT2D eigenvalue weighted by molar-refractivity contribution is 7.08. The average Bonchev–Trinajstić information content (AvgIpc) is 2.89. The SMILES string of the molecule is CC(CN)C(=O)N1CCCN(C(=O)c2ccsc2)CC1. The van der Waals surface area contributed by atoms with Crippen LogP contribution in [0.3, 0.4) is 0 Å². The fourth-order valence-electron chi connectivity index (χ4n) is 2.32. The molecule has 0 saturated carbocycles. The summed E-state index contributed by atoms with van der Waals surface area (Å²) in [6.07, 6.45) is 0.818. The van der Waals surface area contributed by atoms with Gasteiger partial charge in [0.05, 0.1) is 5.56 Å². The number of hydrogen-bond donors (Lipinski definition) is 1. The van der Waals surface area contributed by atoms with E-state index < -0.39 is 0 Å². The highest BCUT2D eigenvalue weighted by Gasteiger charge is 2.24. The van der Waals surface area contributed by atoms with Gasteiger partial charge in [0.15, 0.2) is 0 Å². The van der Waals surface area contributed by atoms with Gasteiger partial charge < -0.3 is 15.5 Å². The molecule has 5 nitrogen and oxygen atoms in total. The monoisotopic (exact) mass is 295 g/mol. The van der Waals surface area contributed by atoms with Gasteiger partial charge in [-0.3, -0.25) is 9.59 Å². The Kier molecular flexibility index (Phi) is 5.14. The van der Waals surface area contributed by atoms with Crippen molar-refractivity contribution in [2.45, 2.75) is 13.3 Å². The minimum atomic E-state index is -0.144. The van der Waals surface area contributed by atoms with Crippen molar-refractivity contribution in [2.75, 3.05) is 32.7 Å². The molecule has 1 fully saturated rings. The second-order valence-electron chi connectivity index (χ2n) is 5.12. The summed E-state index contributed by atoms with van der Waals surface area (Å²) in [4.78, 5) is 28.1. The van der Waals surface area contributed by atoms with Crippen LogP contribution in [0.1, 0.15) is 23.7 Å². The maximum absolute atomic E-state index is 12.3. The van der Waals surface area contributed by atoms with E-state index in [0.29, 0.717) is 32.7 Å². The fraction of sp³-hybridized carbons (Fsp3) is 0.571. The van der Waals surface area contributed by atoms with Crippen molar-refractivity contribution in [3.63, 3.8) is 0 Å². The van der Waals surface area contributed by atoms with E-state index in [4.69, 9.17) is 5.73 Å². The Labute approximate surface area is 123 Å². The Morgan fingerprint density at radius 1 is 1.30 bits per heavy atom. The topological polar surface area (TPSA) is 66.6 Å². The first-order valence-electron chi connectivity index (χ1n) is 6.93. The molecule has 2 heterocycles. The molecular formula is C14H21N3O2S. The van der Waals surface area contributed by atoms with Gasteiger partial charge in [-0.2, -0.15) is 11.3 Å². The van der Waals surface area contributed by atoms with Crippen LogP contribution in [0.4, 0.5) is 0 Å². The van der Waals surface area contributed by atoms with E-state index in [1.165, 1.54) is 11.3 Å². The second-order valence-corrected chi connectivity index (χ2v) is 5.90. The number of carbonyl (C=O) groups excluding carboxylic acids is 2. The summed E-state index contributed by atoms with van der Waals surface area (Å²) < 4.78 is 0. The van der Waals surface area contributed by atoms with Gasteiger partial charge in [0.25, 0.3) is 5.91 Å². The number of thiophene rings is 1. The lowest BCUT2D eigenvalue weighted by atomic mass is 10.1. The lowest BCUT2D eigenvalue weighted by molar-refractivity contribution is -0.134. The van der Waals surface area contributed by atoms with Gasteiger partial charge in [-0.05, 0) is 17.9 Å². The number of nitrogens with two attached hydrogens (primary N) is 1. The van der Waals surface area contributed by atoms with Crippen LogP contribution in [0.5, 0.6) is 0 Å². The van der Waals surface area contributed by atoms with Gasteiger partial charge >= 0.3 is 0 Å². The number of hydrogen-bond acceptors (Lipinski definition) is 4. The van der Waals surface area contributed by atoms with Gasteiger partial charge in [0, 0.05) is 44.0 Å². The molecule has 1 aromatic heterocycles. The molecule has 2 amide bonds. The fourth-order valence-corrected chi connectivity index (χ4v) is 2.95. The normalized spacial score (nSPS) is 17.7. The summed E-state index contributed by atoms with van der Waals surface area (Å²) in [5, 5.41) is 3.77. The highest BCUT2D eigenvalue weighted by Crippen LogP contribution is 2.13. The molecule has 1 unspecified atom stereocenters. The Balaban J connectivity index is 1.95. The average molecular weight is 295 g/mol. The molecule has 0 spiro atoms. The standard InChI is InChI=1S/C14H21N3O2S/c1-11(9-15)13(18)16-4-2-5-17(7-6-16)14(19)12-3-8-20-10-12/h3,8,10-11H,2,4-7,9,15H2,1H3. The molecule has 110 valence electrons. The van der Waals surface area contributed by atoms with Gasteiger partial charge in [-0.25, -0.2) is 0 Å². The van der Waals surface area contributed by atoms with Crippen LogP contribution >= 0.6 is 11.3 Å². The van der Waals surface area contributed by atoms with Crippen LogP contribution in [0, 0.1) is 5.92 Å². The number of nitrogens with zero attached hydrogens (tertiary/aromatic N) is 2. The predicted molar refractivity (Wildman–Crippen MR) is 79.6 cm³/mol.